The van der Waals surface area contributed by atoms with Gasteiger partial charge in [-0.2, -0.15) is 0 Å². The van der Waals surface area contributed by atoms with E-state index < -0.39 is 5.97 Å². The smallest absolute Gasteiger partial charge is 0.333 e. The van der Waals surface area contributed by atoms with Crippen molar-refractivity contribution >= 4 is 11.9 Å². The van der Waals surface area contributed by atoms with Crippen molar-refractivity contribution in [3.05, 3.63) is 23.8 Å². The van der Waals surface area contributed by atoms with Crippen molar-refractivity contribution in [3.8, 4) is 0 Å². The molecule has 102 valence electrons. The summed E-state index contributed by atoms with van der Waals surface area (Å²) < 4.78 is 14.8. The summed E-state index contributed by atoms with van der Waals surface area (Å²) in [6.07, 6.45) is 1.68. The molecule has 0 spiro atoms. The lowest BCUT2D eigenvalue weighted by molar-refractivity contribution is -0.141. The van der Waals surface area contributed by atoms with Crippen LogP contribution in [0.4, 0.5) is 0 Å². The Bertz CT molecular complexity index is 330. The van der Waals surface area contributed by atoms with Crippen molar-refractivity contribution in [1.29, 1.82) is 0 Å². The number of allylic oxidation sites excluding steroid dienone is 1. The first-order valence-corrected chi connectivity index (χ1v) is 5.69. The molecule has 0 rings (SSSR count). The van der Waals surface area contributed by atoms with Gasteiger partial charge in [-0.15, -0.1) is 0 Å². The minimum Gasteiger partial charge on any atom is -0.460 e. The van der Waals surface area contributed by atoms with Gasteiger partial charge in [0.15, 0.2) is 0 Å². The van der Waals surface area contributed by atoms with Gasteiger partial charge in [0.2, 0.25) is 0 Å². The first-order valence-electron chi connectivity index (χ1n) is 5.69. The van der Waals surface area contributed by atoms with Crippen LogP contribution in [0.25, 0.3) is 0 Å². The lowest BCUT2D eigenvalue weighted by Crippen LogP contribution is -2.15. The second kappa shape index (κ2) is 9.41. The molecule has 5 heteroatoms. The molecule has 0 atom stereocenters. The van der Waals surface area contributed by atoms with Crippen molar-refractivity contribution < 1.29 is 23.8 Å². The Kier molecular flexibility index (Phi) is 8.57. The molecule has 0 unspecified atom stereocenters. The third-order valence-electron chi connectivity index (χ3n) is 2.03. The summed E-state index contributed by atoms with van der Waals surface area (Å²) in [5, 5.41) is 0. The largest absolute Gasteiger partial charge is 0.460 e. The molecule has 0 aliphatic carbocycles. The monoisotopic (exact) mass is 256 g/mol. The molecular formula is C13H20O5. The third-order valence-corrected chi connectivity index (χ3v) is 2.03. The van der Waals surface area contributed by atoms with E-state index in [-0.39, 0.29) is 32.4 Å². The van der Waals surface area contributed by atoms with Crippen LogP contribution in [0.15, 0.2) is 23.8 Å². The SMILES string of the molecule is C=C(C)C(=O)OCCOCCOC(=O)C(C)=CC. The van der Waals surface area contributed by atoms with Gasteiger partial charge in [-0.3, -0.25) is 0 Å². The van der Waals surface area contributed by atoms with Crippen LogP contribution in [-0.4, -0.2) is 38.4 Å². The summed E-state index contributed by atoms with van der Waals surface area (Å²) in [6.45, 7) is 9.35. The van der Waals surface area contributed by atoms with Crippen molar-refractivity contribution in [2.24, 2.45) is 0 Å². The molecule has 18 heavy (non-hydrogen) atoms. The van der Waals surface area contributed by atoms with E-state index in [1.54, 1.807) is 26.8 Å². The second-order valence-electron chi connectivity index (χ2n) is 3.64. The van der Waals surface area contributed by atoms with Crippen LogP contribution in [0.1, 0.15) is 20.8 Å². The van der Waals surface area contributed by atoms with Crippen LogP contribution in [0.3, 0.4) is 0 Å². The molecule has 0 saturated heterocycles. The van der Waals surface area contributed by atoms with Crippen LogP contribution in [0.5, 0.6) is 0 Å². The fourth-order valence-corrected chi connectivity index (χ4v) is 0.844. The van der Waals surface area contributed by atoms with Gasteiger partial charge in [0.25, 0.3) is 0 Å². The van der Waals surface area contributed by atoms with Gasteiger partial charge in [0, 0.05) is 11.1 Å². The number of rotatable bonds is 8. The maximum atomic E-state index is 11.2. The summed E-state index contributed by atoms with van der Waals surface area (Å²) in [6, 6.07) is 0. The minimum absolute atomic E-state index is 0.160. The number of esters is 2. The molecular weight excluding hydrogens is 236 g/mol. The number of hydrogen-bond donors (Lipinski definition) is 0. The van der Waals surface area contributed by atoms with Crippen LogP contribution in [0, 0.1) is 0 Å². The zero-order chi connectivity index (χ0) is 14.0. The summed E-state index contributed by atoms with van der Waals surface area (Å²) in [5.41, 5.74) is 0.913. The van der Waals surface area contributed by atoms with Crippen LogP contribution in [0.2, 0.25) is 0 Å². The normalized spacial score (nSPS) is 10.9. The second-order valence-corrected chi connectivity index (χ2v) is 3.64. The third kappa shape index (κ3) is 7.62. The van der Waals surface area contributed by atoms with Gasteiger partial charge < -0.3 is 14.2 Å². The molecule has 0 saturated carbocycles. The molecule has 0 N–H and O–H groups in total. The van der Waals surface area contributed by atoms with E-state index in [2.05, 4.69) is 6.58 Å². The Balaban J connectivity index is 3.45. The van der Waals surface area contributed by atoms with Crippen molar-refractivity contribution in [2.75, 3.05) is 26.4 Å². The maximum Gasteiger partial charge on any atom is 0.333 e. The molecule has 0 aromatic rings. The maximum absolute atomic E-state index is 11.2. The average molecular weight is 256 g/mol. The Hall–Kier alpha value is -1.62. The first kappa shape index (κ1) is 16.4. The molecule has 0 aromatic carbocycles. The number of hydrogen-bond acceptors (Lipinski definition) is 5. The molecule has 0 aliphatic rings. The molecule has 0 fully saturated rings. The minimum atomic E-state index is -0.436. The van der Waals surface area contributed by atoms with Gasteiger partial charge in [0.1, 0.15) is 13.2 Å². The van der Waals surface area contributed by atoms with Crippen molar-refractivity contribution in [3.63, 3.8) is 0 Å². The van der Waals surface area contributed by atoms with E-state index >= 15 is 0 Å². The molecule has 0 bridgehead atoms. The Morgan fingerprint density at radius 2 is 1.50 bits per heavy atom. The molecule has 0 amide bonds. The van der Waals surface area contributed by atoms with Crippen LogP contribution < -0.4 is 0 Å². The highest BCUT2D eigenvalue weighted by molar-refractivity contribution is 5.87. The van der Waals surface area contributed by atoms with E-state index in [1.165, 1.54) is 0 Å². The first-order chi connectivity index (χ1) is 8.49. The Labute approximate surface area is 107 Å². The highest BCUT2D eigenvalue weighted by Crippen LogP contribution is 1.95. The highest BCUT2D eigenvalue weighted by Gasteiger charge is 2.04. The fourth-order valence-electron chi connectivity index (χ4n) is 0.844. The number of ether oxygens (including phenoxy) is 3. The summed E-state index contributed by atoms with van der Waals surface area (Å²) >= 11 is 0. The lowest BCUT2D eigenvalue weighted by atomic mass is 10.3. The zero-order valence-electron chi connectivity index (χ0n) is 11.2. The molecule has 0 heterocycles. The summed E-state index contributed by atoms with van der Waals surface area (Å²) in [5.74, 6) is -0.788. The van der Waals surface area contributed by atoms with Gasteiger partial charge in [0.05, 0.1) is 13.2 Å². The number of carbonyl (C=O) groups is 2. The predicted molar refractivity (Wildman–Crippen MR) is 67.0 cm³/mol. The van der Waals surface area contributed by atoms with Crippen LogP contribution in [-0.2, 0) is 23.8 Å². The summed E-state index contributed by atoms with van der Waals surface area (Å²) in [4.78, 5) is 22.2. The van der Waals surface area contributed by atoms with Gasteiger partial charge in [-0.25, -0.2) is 9.59 Å². The van der Waals surface area contributed by atoms with E-state index in [4.69, 9.17) is 14.2 Å². The van der Waals surface area contributed by atoms with E-state index in [0.29, 0.717) is 11.1 Å². The van der Waals surface area contributed by atoms with Crippen LogP contribution >= 0.6 is 0 Å². The van der Waals surface area contributed by atoms with Crippen molar-refractivity contribution in [1.82, 2.24) is 0 Å². The van der Waals surface area contributed by atoms with Gasteiger partial charge in [-0.1, -0.05) is 12.7 Å². The topological polar surface area (TPSA) is 61.8 Å². The molecule has 0 aliphatic heterocycles. The summed E-state index contributed by atoms with van der Waals surface area (Å²) in [7, 11) is 0. The molecule has 0 aromatic heterocycles. The van der Waals surface area contributed by atoms with Gasteiger partial charge in [-0.05, 0) is 20.8 Å². The Morgan fingerprint density at radius 1 is 1.00 bits per heavy atom. The predicted octanol–water partition coefficient (Wildman–Crippen LogP) is 1.63. The average Bonchev–Trinajstić information content (AvgIpc) is 2.35. The zero-order valence-corrected chi connectivity index (χ0v) is 11.2. The number of carbonyl (C=O) groups excluding carboxylic acids is 2. The van der Waals surface area contributed by atoms with Gasteiger partial charge >= 0.3 is 11.9 Å². The standard InChI is InChI=1S/C13H20O5/c1-5-11(4)13(15)18-9-7-16-6-8-17-12(14)10(2)3/h5H,2,6-9H2,1,3-4H3. The highest BCUT2D eigenvalue weighted by atomic mass is 16.6. The van der Waals surface area contributed by atoms with E-state index in [1.807, 2.05) is 0 Å². The van der Waals surface area contributed by atoms with E-state index in [0.717, 1.165) is 0 Å². The quantitative estimate of drug-likeness (QED) is 0.375. The lowest BCUT2D eigenvalue weighted by Gasteiger charge is -2.07. The Morgan fingerprint density at radius 3 is 1.94 bits per heavy atom. The molecule has 0 radical (unpaired) electrons. The fraction of sp³-hybridized carbons (Fsp3) is 0.538. The van der Waals surface area contributed by atoms with E-state index in [9.17, 15) is 9.59 Å². The molecule has 5 nitrogen and oxygen atoms in total. The van der Waals surface area contributed by atoms with Crippen molar-refractivity contribution in [2.45, 2.75) is 20.8 Å².